The first-order chi connectivity index (χ1) is 10.9. The zero-order chi connectivity index (χ0) is 15.2. The third-order valence-corrected chi connectivity index (χ3v) is 4.92. The zero-order valence-electron chi connectivity index (χ0n) is 13.4. The van der Waals surface area contributed by atoms with Crippen molar-refractivity contribution in [3.8, 4) is 0 Å². The summed E-state index contributed by atoms with van der Waals surface area (Å²) in [6, 6.07) is 15.1. The molecule has 2 heterocycles. The number of halogens is 1. The normalized spacial score (nSPS) is 17.9. The number of nitrogens with one attached hydrogen (secondary N) is 1. The van der Waals surface area contributed by atoms with Gasteiger partial charge in [-0.15, -0.1) is 35.3 Å². The van der Waals surface area contributed by atoms with Crippen molar-refractivity contribution in [1.82, 2.24) is 10.2 Å². The second kappa shape index (κ2) is 9.27. The molecule has 1 aliphatic rings. The number of hydrogen-bond acceptors (Lipinski definition) is 2. The summed E-state index contributed by atoms with van der Waals surface area (Å²) in [5.41, 5.74) is 1.44. The van der Waals surface area contributed by atoms with Crippen LogP contribution in [0.2, 0.25) is 0 Å². The van der Waals surface area contributed by atoms with Crippen LogP contribution in [0.25, 0.3) is 0 Å². The maximum Gasteiger partial charge on any atom is 0.194 e. The van der Waals surface area contributed by atoms with E-state index >= 15 is 0 Å². The van der Waals surface area contributed by atoms with Gasteiger partial charge in [0.1, 0.15) is 0 Å². The second-order valence-corrected chi connectivity index (χ2v) is 6.62. The van der Waals surface area contributed by atoms with Crippen LogP contribution in [0, 0.1) is 0 Å². The molecule has 23 heavy (non-hydrogen) atoms. The van der Waals surface area contributed by atoms with Crippen molar-refractivity contribution < 1.29 is 0 Å². The lowest BCUT2D eigenvalue weighted by molar-refractivity contribution is 0.486. The minimum absolute atomic E-state index is 0. The number of guanidine groups is 1. The largest absolute Gasteiger partial charge is 0.357 e. The van der Waals surface area contributed by atoms with Gasteiger partial charge in [-0.05, 0) is 30.4 Å². The Bertz CT molecular complexity index is 598. The van der Waals surface area contributed by atoms with E-state index in [1.165, 1.54) is 16.9 Å². The highest BCUT2D eigenvalue weighted by Crippen LogP contribution is 2.27. The van der Waals surface area contributed by atoms with E-state index in [9.17, 15) is 0 Å². The molecule has 0 radical (unpaired) electrons. The molecule has 1 aromatic heterocycles. The fraction of sp³-hybridized carbons (Fsp3) is 0.389. The van der Waals surface area contributed by atoms with Gasteiger partial charge in [-0.25, -0.2) is 4.99 Å². The van der Waals surface area contributed by atoms with Gasteiger partial charge in [0, 0.05) is 30.4 Å². The Kier molecular flexibility index (Phi) is 7.36. The number of hydrogen-bond donors (Lipinski definition) is 1. The summed E-state index contributed by atoms with van der Waals surface area (Å²) >= 11 is 1.77. The Morgan fingerprint density at radius 2 is 2.09 bits per heavy atom. The summed E-state index contributed by atoms with van der Waals surface area (Å²) in [7, 11) is 0. The maximum atomic E-state index is 4.81. The molecule has 5 heteroatoms. The monoisotopic (exact) mass is 441 g/mol. The molecule has 1 aromatic carbocycles. The van der Waals surface area contributed by atoms with Crippen molar-refractivity contribution in [2.75, 3.05) is 19.6 Å². The fourth-order valence-electron chi connectivity index (χ4n) is 2.93. The third kappa shape index (κ3) is 4.94. The zero-order valence-corrected chi connectivity index (χ0v) is 16.6. The predicted molar refractivity (Wildman–Crippen MR) is 110 cm³/mol. The van der Waals surface area contributed by atoms with Crippen LogP contribution in [0.15, 0.2) is 52.8 Å². The van der Waals surface area contributed by atoms with Crippen molar-refractivity contribution in [2.24, 2.45) is 4.99 Å². The highest BCUT2D eigenvalue weighted by atomic mass is 127. The third-order valence-electron chi connectivity index (χ3n) is 4.06. The number of rotatable bonds is 4. The molecule has 1 fully saturated rings. The van der Waals surface area contributed by atoms with Crippen LogP contribution in [-0.4, -0.2) is 30.5 Å². The molecule has 1 N–H and O–H groups in total. The average molecular weight is 441 g/mol. The minimum atomic E-state index is 0. The number of aliphatic imine (C=N–C) groups is 1. The van der Waals surface area contributed by atoms with Gasteiger partial charge in [-0.1, -0.05) is 36.4 Å². The van der Waals surface area contributed by atoms with Gasteiger partial charge in [0.15, 0.2) is 5.96 Å². The molecule has 2 aromatic rings. The summed E-state index contributed by atoms with van der Waals surface area (Å²) in [5.74, 6) is 1.67. The summed E-state index contributed by atoms with van der Waals surface area (Å²) in [5, 5.41) is 5.55. The molecule has 0 bridgehead atoms. The Morgan fingerprint density at radius 1 is 1.26 bits per heavy atom. The number of benzene rings is 1. The number of nitrogens with zero attached hydrogens (tertiary/aromatic N) is 2. The van der Waals surface area contributed by atoms with Gasteiger partial charge in [0.05, 0.1) is 6.54 Å². The SMILES string of the molecule is CCNC(=NCc1cccs1)N1CCC(c2ccccc2)C1.I. The molecule has 3 rings (SSSR count). The van der Waals surface area contributed by atoms with E-state index in [0.29, 0.717) is 5.92 Å². The first-order valence-electron chi connectivity index (χ1n) is 7.97. The summed E-state index contributed by atoms with van der Waals surface area (Å²) in [4.78, 5) is 8.52. The lowest BCUT2D eigenvalue weighted by Gasteiger charge is -2.21. The lowest BCUT2D eigenvalue weighted by atomic mass is 9.99. The van der Waals surface area contributed by atoms with Crippen LogP contribution in [0.4, 0.5) is 0 Å². The molecule has 0 aliphatic carbocycles. The Hall–Kier alpha value is -1.08. The Balaban J connectivity index is 0.00000192. The topological polar surface area (TPSA) is 27.6 Å². The van der Waals surface area contributed by atoms with Crippen LogP contribution in [0.1, 0.15) is 29.7 Å². The Labute approximate surface area is 159 Å². The lowest BCUT2D eigenvalue weighted by Crippen LogP contribution is -2.39. The van der Waals surface area contributed by atoms with E-state index in [4.69, 9.17) is 4.99 Å². The van der Waals surface area contributed by atoms with Gasteiger partial charge in [0.2, 0.25) is 0 Å². The van der Waals surface area contributed by atoms with E-state index in [-0.39, 0.29) is 24.0 Å². The summed E-state index contributed by atoms with van der Waals surface area (Å²) in [6.45, 7) is 5.95. The van der Waals surface area contributed by atoms with Gasteiger partial charge >= 0.3 is 0 Å². The molecule has 1 aliphatic heterocycles. The van der Waals surface area contributed by atoms with Gasteiger partial charge in [0.25, 0.3) is 0 Å². The molecule has 1 unspecified atom stereocenters. The van der Waals surface area contributed by atoms with E-state index in [1.807, 2.05) is 0 Å². The molecule has 1 atom stereocenters. The first kappa shape index (κ1) is 18.3. The molecular weight excluding hydrogens is 417 g/mol. The van der Waals surface area contributed by atoms with Gasteiger partial charge in [-0.3, -0.25) is 0 Å². The summed E-state index contributed by atoms with van der Waals surface area (Å²) in [6.07, 6.45) is 1.20. The molecular formula is C18H24IN3S. The van der Waals surface area contributed by atoms with Crippen molar-refractivity contribution in [2.45, 2.75) is 25.8 Å². The van der Waals surface area contributed by atoms with E-state index in [0.717, 1.165) is 32.1 Å². The van der Waals surface area contributed by atoms with Crippen molar-refractivity contribution in [3.63, 3.8) is 0 Å². The smallest absolute Gasteiger partial charge is 0.194 e. The van der Waals surface area contributed by atoms with Crippen LogP contribution in [0.5, 0.6) is 0 Å². The Morgan fingerprint density at radius 3 is 2.78 bits per heavy atom. The maximum absolute atomic E-state index is 4.81. The van der Waals surface area contributed by atoms with Crippen molar-refractivity contribution >= 4 is 41.3 Å². The van der Waals surface area contributed by atoms with Crippen LogP contribution >= 0.6 is 35.3 Å². The molecule has 0 spiro atoms. The molecule has 1 saturated heterocycles. The van der Waals surface area contributed by atoms with Crippen LogP contribution in [0.3, 0.4) is 0 Å². The van der Waals surface area contributed by atoms with E-state index in [1.54, 1.807) is 11.3 Å². The van der Waals surface area contributed by atoms with E-state index < -0.39 is 0 Å². The quantitative estimate of drug-likeness (QED) is 0.435. The first-order valence-corrected chi connectivity index (χ1v) is 8.85. The highest BCUT2D eigenvalue weighted by molar-refractivity contribution is 14.0. The van der Waals surface area contributed by atoms with Crippen molar-refractivity contribution in [3.05, 3.63) is 58.3 Å². The van der Waals surface area contributed by atoms with Crippen molar-refractivity contribution in [1.29, 1.82) is 0 Å². The molecule has 0 amide bonds. The van der Waals surface area contributed by atoms with Gasteiger partial charge < -0.3 is 10.2 Å². The molecule has 0 saturated carbocycles. The predicted octanol–water partition coefficient (Wildman–Crippen LogP) is 4.32. The number of thiophene rings is 1. The second-order valence-electron chi connectivity index (χ2n) is 5.59. The molecule has 3 nitrogen and oxygen atoms in total. The highest BCUT2D eigenvalue weighted by Gasteiger charge is 2.25. The standard InChI is InChI=1S/C18H23N3S.HI/c1-2-19-18(20-13-17-9-6-12-22-17)21-11-10-16(14-21)15-7-4-3-5-8-15;/h3-9,12,16H,2,10-11,13-14H2,1H3,(H,19,20);1H. The number of likely N-dealkylation sites (tertiary alicyclic amines) is 1. The summed E-state index contributed by atoms with van der Waals surface area (Å²) < 4.78 is 0. The molecule has 124 valence electrons. The van der Waals surface area contributed by atoms with Gasteiger partial charge in [-0.2, -0.15) is 0 Å². The minimum Gasteiger partial charge on any atom is -0.357 e. The fourth-order valence-corrected chi connectivity index (χ4v) is 3.56. The average Bonchev–Trinajstić information content (AvgIpc) is 3.24. The van der Waals surface area contributed by atoms with Crippen LogP contribution < -0.4 is 5.32 Å². The van der Waals surface area contributed by atoms with E-state index in [2.05, 4.69) is 65.0 Å². The van der Waals surface area contributed by atoms with Crippen LogP contribution in [-0.2, 0) is 6.54 Å².